The summed E-state index contributed by atoms with van der Waals surface area (Å²) < 4.78 is 28.0. The van der Waals surface area contributed by atoms with Crippen LogP contribution in [0.25, 0.3) is 6.08 Å². The molecule has 0 bridgehead atoms. The highest BCUT2D eigenvalue weighted by molar-refractivity contribution is 7.89. The Balaban J connectivity index is 1.74. The molecule has 0 saturated carbocycles. The molecule has 0 radical (unpaired) electrons. The predicted octanol–water partition coefficient (Wildman–Crippen LogP) is 4.81. The number of carboxylic acids is 1. The van der Waals surface area contributed by atoms with E-state index in [4.69, 9.17) is 0 Å². The molecule has 3 aromatic heterocycles. The molecular weight excluding hydrogens is 464 g/mol. The van der Waals surface area contributed by atoms with Crippen LogP contribution in [0.3, 0.4) is 0 Å². The molecule has 1 aliphatic rings. The van der Waals surface area contributed by atoms with Gasteiger partial charge in [-0.1, -0.05) is 29.8 Å². The first kappa shape index (κ1) is 20.9. The average Bonchev–Trinajstić information content (AvgIpc) is 3.54. The quantitative estimate of drug-likeness (QED) is 0.441. The van der Waals surface area contributed by atoms with Crippen LogP contribution in [0.15, 0.2) is 68.9 Å². The molecule has 32 heavy (non-hydrogen) atoms. The maximum atomic E-state index is 13.5. The van der Waals surface area contributed by atoms with Gasteiger partial charge in [0, 0.05) is 17.4 Å². The van der Waals surface area contributed by atoms with Crippen molar-refractivity contribution in [3.63, 3.8) is 0 Å². The molecule has 0 amide bonds. The minimum atomic E-state index is -4.08. The van der Waals surface area contributed by atoms with Crippen molar-refractivity contribution in [1.82, 2.24) is 9.19 Å². The number of aromatic nitrogens is 2. The molecule has 0 unspecified atom stereocenters. The fourth-order valence-corrected chi connectivity index (χ4v) is 6.90. The highest BCUT2D eigenvalue weighted by atomic mass is 32.2. The first-order valence-electron chi connectivity index (χ1n) is 9.75. The normalized spacial score (nSPS) is 14.9. The molecule has 5 rings (SSSR count). The van der Waals surface area contributed by atoms with Gasteiger partial charge < -0.3 is 5.11 Å². The smallest absolute Gasteiger partial charge is 0.357 e. The summed E-state index contributed by atoms with van der Waals surface area (Å²) >= 11 is 3.13. The Bertz CT molecular complexity index is 1400. The molecule has 1 aliphatic carbocycles. The van der Waals surface area contributed by atoms with Crippen molar-refractivity contribution in [1.29, 1.82) is 0 Å². The molecule has 162 valence electrons. The molecule has 1 aromatic carbocycles. The molecule has 9 heteroatoms. The van der Waals surface area contributed by atoms with Gasteiger partial charge in [0.1, 0.15) is 0 Å². The van der Waals surface area contributed by atoms with Crippen molar-refractivity contribution in [3.8, 4) is 0 Å². The fraction of sp³-hybridized carbons (Fsp3) is 0.130. The average molecular weight is 483 g/mol. The second-order valence-electron chi connectivity index (χ2n) is 7.68. The van der Waals surface area contributed by atoms with Gasteiger partial charge in [-0.05, 0) is 63.8 Å². The van der Waals surface area contributed by atoms with E-state index in [1.165, 1.54) is 12.1 Å². The van der Waals surface area contributed by atoms with E-state index in [1.807, 2.05) is 46.7 Å². The van der Waals surface area contributed by atoms with Crippen LogP contribution in [0.1, 0.15) is 38.4 Å². The van der Waals surface area contributed by atoms with Gasteiger partial charge in [0.25, 0.3) is 10.0 Å². The minimum absolute atomic E-state index is 0.0663. The first-order valence-corrected chi connectivity index (χ1v) is 13.1. The van der Waals surface area contributed by atoms with Gasteiger partial charge in [-0.2, -0.15) is 35.2 Å². The van der Waals surface area contributed by atoms with E-state index in [2.05, 4.69) is 5.10 Å². The molecule has 6 nitrogen and oxygen atoms in total. The zero-order valence-electron chi connectivity index (χ0n) is 16.9. The second-order valence-corrected chi connectivity index (χ2v) is 11.0. The number of carbonyl (C=O) groups is 1. The summed E-state index contributed by atoms with van der Waals surface area (Å²) in [6.07, 6.45) is 3.94. The van der Waals surface area contributed by atoms with Crippen molar-refractivity contribution >= 4 is 44.7 Å². The van der Waals surface area contributed by atoms with Crippen LogP contribution in [0.2, 0.25) is 0 Å². The van der Waals surface area contributed by atoms with E-state index < -0.39 is 21.4 Å². The number of aryl methyl sites for hydroxylation is 1. The second kappa shape index (κ2) is 7.54. The zero-order chi connectivity index (χ0) is 22.5. The van der Waals surface area contributed by atoms with Crippen molar-refractivity contribution in [2.75, 3.05) is 0 Å². The summed E-state index contributed by atoms with van der Waals surface area (Å²) in [6, 6.07) is 10.5. The van der Waals surface area contributed by atoms with Crippen molar-refractivity contribution in [3.05, 3.63) is 97.6 Å². The summed E-state index contributed by atoms with van der Waals surface area (Å²) in [5, 5.41) is 21.8. The zero-order valence-corrected chi connectivity index (χ0v) is 19.4. The molecule has 0 atom stereocenters. The minimum Gasteiger partial charge on any atom is -0.476 e. The van der Waals surface area contributed by atoms with Gasteiger partial charge in [0.05, 0.1) is 10.6 Å². The van der Waals surface area contributed by atoms with E-state index >= 15 is 0 Å². The van der Waals surface area contributed by atoms with Crippen LogP contribution < -0.4 is 0 Å². The van der Waals surface area contributed by atoms with Crippen LogP contribution in [-0.2, 0) is 21.9 Å². The Morgan fingerprint density at radius 3 is 2.22 bits per heavy atom. The summed E-state index contributed by atoms with van der Waals surface area (Å²) in [4.78, 5) is 12.0. The molecular formula is C23H18N2O4S3. The molecule has 1 N–H and O–H groups in total. The Morgan fingerprint density at radius 1 is 1.06 bits per heavy atom. The van der Waals surface area contributed by atoms with Crippen LogP contribution >= 0.6 is 22.7 Å². The summed E-state index contributed by atoms with van der Waals surface area (Å²) in [6.45, 7) is 1.87. The largest absolute Gasteiger partial charge is 0.476 e. The SMILES string of the molecule is Cc1ccc(S(=O)(=O)n2nc(C(=O)O)c3c2CC(c2ccsc2)(c2ccsc2)C=C3)cc1. The lowest BCUT2D eigenvalue weighted by molar-refractivity contribution is 0.0690. The maximum Gasteiger partial charge on any atom is 0.357 e. The number of benzene rings is 1. The topological polar surface area (TPSA) is 89.3 Å². The Labute approximate surface area is 193 Å². The molecule has 0 aliphatic heterocycles. The Kier molecular flexibility index (Phi) is 4.92. The number of hydrogen-bond acceptors (Lipinski definition) is 6. The van der Waals surface area contributed by atoms with Crippen LogP contribution in [-0.4, -0.2) is 28.7 Å². The number of hydrogen-bond donors (Lipinski definition) is 1. The molecule has 3 heterocycles. The van der Waals surface area contributed by atoms with Crippen LogP contribution in [0.5, 0.6) is 0 Å². The monoisotopic (exact) mass is 482 g/mol. The van der Waals surface area contributed by atoms with Gasteiger partial charge in [0.15, 0.2) is 5.69 Å². The maximum absolute atomic E-state index is 13.5. The van der Waals surface area contributed by atoms with E-state index in [9.17, 15) is 18.3 Å². The van der Waals surface area contributed by atoms with Crippen molar-refractivity contribution < 1.29 is 18.3 Å². The van der Waals surface area contributed by atoms with Gasteiger partial charge in [-0.3, -0.25) is 0 Å². The third kappa shape index (κ3) is 3.16. The van der Waals surface area contributed by atoms with Crippen LogP contribution in [0, 0.1) is 6.92 Å². The van der Waals surface area contributed by atoms with E-state index in [0.717, 1.165) is 20.8 Å². The van der Waals surface area contributed by atoms with Gasteiger partial charge in [-0.15, -0.1) is 5.10 Å². The number of rotatable bonds is 5. The predicted molar refractivity (Wildman–Crippen MR) is 125 cm³/mol. The fourth-order valence-electron chi connectivity index (χ4n) is 4.10. The Morgan fingerprint density at radius 2 is 1.69 bits per heavy atom. The van der Waals surface area contributed by atoms with Gasteiger partial charge in [-0.25, -0.2) is 4.79 Å². The van der Waals surface area contributed by atoms with E-state index in [1.54, 1.807) is 40.9 Å². The standard InChI is InChI=1S/C23H18N2O4S3/c1-15-2-4-18(5-3-15)32(28,29)25-20-12-23(16-7-10-30-13-16,17-8-11-31-14-17)9-6-19(20)21(24-25)22(26)27/h2-11,13-14H,12H2,1H3,(H,26,27). The lowest BCUT2D eigenvalue weighted by atomic mass is 9.70. The number of allylic oxidation sites excluding steroid dienone is 1. The van der Waals surface area contributed by atoms with Crippen molar-refractivity contribution in [2.45, 2.75) is 23.7 Å². The number of aromatic carboxylic acids is 1. The number of carboxylic acid groups (broad SMARTS) is 1. The molecule has 0 spiro atoms. The number of thiophene rings is 2. The number of nitrogens with zero attached hydrogens (tertiary/aromatic N) is 2. The van der Waals surface area contributed by atoms with E-state index in [0.29, 0.717) is 11.3 Å². The van der Waals surface area contributed by atoms with Gasteiger partial charge in [0.2, 0.25) is 0 Å². The third-order valence-corrected chi connectivity index (χ3v) is 8.78. The van der Waals surface area contributed by atoms with Crippen LogP contribution in [0.4, 0.5) is 0 Å². The number of fused-ring (bicyclic) bond motifs is 1. The Hall–Kier alpha value is -3.01. The summed E-state index contributed by atoms with van der Waals surface area (Å²) in [7, 11) is -4.08. The van der Waals surface area contributed by atoms with E-state index in [-0.39, 0.29) is 17.0 Å². The molecule has 4 aromatic rings. The van der Waals surface area contributed by atoms with Gasteiger partial charge >= 0.3 is 5.97 Å². The summed E-state index contributed by atoms with van der Waals surface area (Å²) in [5.74, 6) is -1.26. The summed E-state index contributed by atoms with van der Waals surface area (Å²) in [5.41, 5.74) is 2.80. The third-order valence-electron chi connectivity index (χ3n) is 5.79. The highest BCUT2D eigenvalue weighted by Gasteiger charge is 2.41. The lowest BCUT2D eigenvalue weighted by Crippen LogP contribution is -2.32. The lowest BCUT2D eigenvalue weighted by Gasteiger charge is -2.33. The highest BCUT2D eigenvalue weighted by Crippen LogP contribution is 2.44. The first-order chi connectivity index (χ1) is 15.3. The molecule has 0 saturated heterocycles. The molecule has 0 fully saturated rings. The van der Waals surface area contributed by atoms with Crippen molar-refractivity contribution in [2.24, 2.45) is 0 Å².